The number of hydrogen-bond acceptors (Lipinski definition) is 4. The molecule has 1 saturated heterocycles. The third-order valence-corrected chi connectivity index (χ3v) is 3.63. The number of hydrogen-bond donors (Lipinski definition) is 1. The van der Waals surface area contributed by atoms with E-state index in [9.17, 15) is 9.59 Å². The fraction of sp³-hybridized carbons (Fsp3) is 0.294. The van der Waals surface area contributed by atoms with Crippen LogP contribution in [0.4, 0.5) is 0 Å². The van der Waals surface area contributed by atoms with Crippen LogP contribution in [0.3, 0.4) is 0 Å². The van der Waals surface area contributed by atoms with Crippen molar-refractivity contribution in [1.82, 2.24) is 14.3 Å². The average molecular weight is 329 g/mol. The van der Waals surface area contributed by atoms with E-state index in [1.165, 1.54) is 0 Å². The molecule has 3 heterocycles. The van der Waals surface area contributed by atoms with Gasteiger partial charge in [0.2, 0.25) is 6.29 Å². The molecule has 2 aromatic heterocycles. The van der Waals surface area contributed by atoms with E-state index < -0.39 is 12.3 Å². The van der Waals surface area contributed by atoms with Crippen LogP contribution in [-0.4, -0.2) is 39.8 Å². The lowest BCUT2D eigenvalue weighted by Gasteiger charge is -2.19. The highest BCUT2D eigenvalue weighted by Gasteiger charge is 2.36. The molecular formula is C17H19N3O4. The standard InChI is InChI=1S/C17H19N3O4/c1-2-23-17-13(12-15(21)24-17)18-16(22)14-8-7-10-19-9-5-3-4-6-11-20(14)19/h3-11,13,17H,2,12H2,1H3,(H,18,22). The second kappa shape index (κ2) is 7.18. The summed E-state index contributed by atoms with van der Waals surface area (Å²) in [6.07, 6.45) is 4.81. The van der Waals surface area contributed by atoms with Crippen LogP contribution in [0.15, 0.2) is 55.0 Å². The van der Waals surface area contributed by atoms with Gasteiger partial charge in [0, 0.05) is 25.2 Å². The third kappa shape index (κ3) is 3.41. The molecule has 7 heteroatoms. The van der Waals surface area contributed by atoms with Crippen molar-refractivity contribution >= 4 is 11.9 Å². The number of cyclic esters (lactones) is 1. The molecule has 1 aliphatic rings. The Balaban J connectivity index is 1.89. The van der Waals surface area contributed by atoms with Crippen LogP contribution in [0.2, 0.25) is 0 Å². The maximum absolute atomic E-state index is 12.7. The molecule has 1 fully saturated rings. The van der Waals surface area contributed by atoms with E-state index in [1.54, 1.807) is 27.4 Å². The van der Waals surface area contributed by atoms with Gasteiger partial charge in [-0.15, -0.1) is 0 Å². The molecule has 1 N–H and O–H groups in total. The molecule has 126 valence electrons. The van der Waals surface area contributed by atoms with Crippen LogP contribution >= 0.6 is 0 Å². The zero-order valence-electron chi connectivity index (χ0n) is 13.3. The number of rotatable bonds is 4. The van der Waals surface area contributed by atoms with Crippen molar-refractivity contribution in [2.45, 2.75) is 25.7 Å². The largest absolute Gasteiger partial charge is 0.433 e. The van der Waals surface area contributed by atoms with Crippen LogP contribution in [0.1, 0.15) is 23.8 Å². The molecular weight excluding hydrogens is 310 g/mol. The van der Waals surface area contributed by atoms with Crippen LogP contribution in [0.25, 0.3) is 0 Å². The predicted molar refractivity (Wildman–Crippen MR) is 85.9 cm³/mol. The quantitative estimate of drug-likeness (QED) is 0.864. The normalized spacial score (nSPS) is 19.8. The molecule has 7 nitrogen and oxygen atoms in total. The van der Waals surface area contributed by atoms with Crippen molar-refractivity contribution < 1.29 is 19.1 Å². The molecule has 0 radical (unpaired) electrons. The Bertz CT molecular complexity index is 794. The molecule has 2 atom stereocenters. The fourth-order valence-electron chi connectivity index (χ4n) is 2.56. The van der Waals surface area contributed by atoms with Gasteiger partial charge < -0.3 is 14.8 Å². The number of aromatic nitrogens is 2. The highest BCUT2D eigenvalue weighted by atomic mass is 16.7. The molecule has 3 rings (SSSR count). The monoisotopic (exact) mass is 329 g/mol. The van der Waals surface area contributed by atoms with Crippen LogP contribution in [-0.2, 0) is 14.3 Å². The first kappa shape index (κ1) is 16.1. The topological polar surface area (TPSA) is 73.4 Å². The molecule has 1 amide bonds. The highest BCUT2D eigenvalue weighted by Crippen LogP contribution is 2.16. The van der Waals surface area contributed by atoms with E-state index in [-0.39, 0.29) is 18.3 Å². The average Bonchev–Trinajstić information content (AvgIpc) is 2.87. The minimum absolute atomic E-state index is 0.0989. The van der Waals surface area contributed by atoms with Crippen LogP contribution < -0.4 is 5.32 Å². The number of amides is 1. The van der Waals surface area contributed by atoms with Crippen LogP contribution in [0.5, 0.6) is 0 Å². The zero-order chi connectivity index (χ0) is 16.9. The van der Waals surface area contributed by atoms with Crippen molar-refractivity contribution in [1.29, 1.82) is 0 Å². The Morgan fingerprint density at radius 3 is 2.79 bits per heavy atom. The highest BCUT2D eigenvalue weighted by molar-refractivity contribution is 5.93. The van der Waals surface area contributed by atoms with Gasteiger partial charge in [0.05, 0.1) is 6.42 Å². The molecule has 0 aliphatic carbocycles. The molecule has 1 aliphatic heterocycles. The van der Waals surface area contributed by atoms with E-state index in [2.05, 4.69) is 5.32 Å². The summed E-state index contributed by atoms with van der Waals surface area (Å²) >= 11 is 0. The van der Waals surface area contributed by atoms with Gasteiger partial charge in [-0.05, 0) is 31.2 Å². The first-order chi connectivity index (χ1) is 11.7. The number of fused-ring (bicyclic) bond motifs is 1. The minimum Gasteiger partial charge on any atom is -0.433 e. The van der Waals surface area contributed by atoms with Crippen molar-refractivity contribution in [3.8, 4) is 0 Å². The van der Waals surface area contributed by atoms with Gasteiger partial charge in [-0.2, -0.15) is 0 Å². The second-order valence-electron chi connectivity index (χ2n) is 5.28. The summed E-state index contributed by atoms with van der Waals surface area (Å²) in [5.74, 6) is -0.683. The zero-order valence-corrected chi connectivity index (χ0v) is 13.3. The van der Waals surface area contributed by atoms with Gasteiger partial charge in [-0.3, -0.25) is 18.6 Å². The summed E-state index contributed by atoms with van der Waals surface area (Å²) < 4.78 is 13.9. The Hall–Kier alpha value is -2.80. The number of carbonyl (C=O) groups is 2. The molecule has 2 unspecified atom stereocenters. The minimum atomic E-state index is -0.743. The number of esters is 1. The van der Waals surface area contributed by atoms with Gasteiger partial charge in [-0.25, -0.2) is 0 Å². The van der Waals surface area contributed by atoms with Crippen molar-refractivity contribution in [2.24, 2.45) is 0 Å². The Morgan fingerprint density at radius 2 is 2.00 bits per heavy atom. The predicted octanol–water partition coefficient (Wildman–Crippen LogP) is 1.57. The number of carbonyl (C=O) groups excluding carboxylic acids is 2. The van der Waals surface area contributed by atoms with Crippen molar-refractivity contribution in [2.75, 3.05) is 6.61 Å². The smallest absolute Gasteiger partial charge is 0.310 e. The van der Waals surface area contributed by atoms with E-state index in [1.807, 2.05) is 43.6 Å². The summed E-state index contributed by atoms with van der Waals surface area (Å²) in [6, 6.07) is 10.5. The molecule has 0 spiro atoms. The maximum atomic E-state index is 12.7. The lowest BCUT2D eigenvalue weighted by Crippen LogP contribution is -2.42. The fourth-order valence-corrected chi connectivity index (χ4v) is 2.56. The van der Waals surface area contributed by atoms with Gasteiger partial charge in [0.15, 0.2) is 0 Å². The number of nitrogens with one attached hydrogen (secondary N) is 1. The first-order valence-electron chi connectivity index (χ1n) is 7.78. The third-order valence-electron chi connectivity index (χ3n) is 3.63. The summed E-state index contributed by atoms with van der Waals surface area (Å²) in [5, 5.41) is 2.83. The van der Waals surface area contributed by atoms with Gasteiger partial charge in [0.25, 0.3) is 5.91 Å². The first-order valence-corrected chi connectivity index (χ1v) is 7.78. The van der Waals surface area contributed by atoms with E-state index in [0.717, 1.165) is 0 Å². The second-order valence-corrected chi connectivity index (χ2v) is 5.28. The van der Waals surface area contributed by atoms with Gasteiger partial charge in [-0.1, -0.05) is 12.1 Å². The van der Waals surface area contributed by atoms with E-state index in [0.29, 0.717) is 12.3 Å². The van der Waals surface area contributed by atoms with Crippen LogP contribution in [0, 0.1) is 0 Å². The SMILES string of the molecule is CCOC1OC(=O)CC1NC(=O)c1cccn2ccccccn12. The van der Waals surface area contributed by atoms with E-state index >= 15 is 0 Å². The lowest BCUT2D eigenvalue weighted by atomic mass is 10.2. The lowest BCUT2D eigenvalue weighted by molar-refractivity contribution is -0.163. The molecule has 0 aromatic carbocycles. The van der Waals surface area contributed by atoms with E-state index in [4.69, 9.17) is 9.47 Å². The number of ether oxygens (including phenoxy) is 2. The summed E-state index contributed by atoms with van der Waals surface area (Å²) in [4.78, 5) is 24.2. The maximum Gasteiger partial charge on any atom is 0.310 e. The molecule has 0 bridgehead atoms. The van der Waals surface area contributed by atoms with Crippen molar-refractivity contribution in [3.63, 3.8) is 0 Å². The summed E-state index contributed by atoms with van der Waals surface area (Å²) in [6.45, 7) is 2.21. The Labute approximate surface area is 139 Å². The molecule has 24 heavy (non-hydrogen) atoms. The Kier molecular flexibility index (Phi) is 4.81. The number of nitrogens with zero attached hydrogens (tertiary/aromatic N) is 2. The summed E-state index contributed by atoms with van der Waals surface area (Å²) in [5.41, 5.74) is 0.434. The Morgan fingerprint density at radius 1 is 1.25 bits per heavy atom. The summed E-state index contributed by atoms with van der Waals surface area (Å²) in [7, 11) is 0. The van der Waals surface area contributed by atoms with Gasteiger partial charge in [0.1, 0.15) is 11.7 Å². The molecule has 0 saturated carbocycles. The van der Waals surface area contributed by atoms with Crippen molar-refractivity contribution in [3.05, 3.63) is 60.7 Å². The van der Waals surface area contributed by atoms with Gasteiger partial charge >= 0.3 is 5.97 Å². The molecule has 2 aromatic rings.